The van der Waals surface area contributed by atoms with Gasteiger partial charge in [-0.05, 0) is 18.5 Å². The Hall–Kier alpha value is -0.960. The lowest BCUT2D eigenvalue weighted by molar-refractivity contribution is -0.389. The van der Waals surface area contributed by atoms with Crippen LogP contribution in [-0.2, 0) is 0 Å². The van der Waals surface area contributed by atoms with Crippen LogP contribution in [0.25, 0.3) is 0 Å². The summed E-state index contributed by atoms with van der Waals surface area (Å²) in [5.41, 5.74) is -0.0690. The number of nitrogens with zero attached hydrogens (tertiary/aromatic N) is 3. The van der Waals surface area contributed by atoms with Crippen molar-refractivity contribution in [3.63, 3.8) is 0 Å². The van der Waals surface area contributed by atoms with E-state index >= 15 is 0 Å². The largest absolute Gasteiger partial charge is 0.394 e. The van der Waals surface area contributed by atoms with E-state index in [1.54, 1.807) is 0 Å². The molecule has 17 heavy (non-hydrogen) atoms. The highest BCUT2D eigenvalue weighted by Crippen LogP contribution is 2.30. The highest BCUT2D eigenvalue weighted by molar-refractivity contribution is 7.99. The first-order valence-corrected chi connectivity index (χ1v) is 5.92. The fraction of sp³-hybridized carbons (Fsp3) is 0.500. The number of aromatic nitrogens is 2. The van der Waals surface area contributed by atoms with Gasteiger partial charge in [0, 0.05) is 5.75 Å². The van der Waals surface area contributed by atoms with Crippen molar-refractivity contribution in [1.82, 2.24) is 9.97 Å². The quantitative estimate of drug-likeness (QED) is 0.270. The van der Waals surface area contributed by atoms with Crippen molar-refractivity contribution in [3.8, 4) is 0 Å². The van der Waals surface area contributed by atoms with Gasteiger partial charge in [-0.3, -0.25) is 10.1 Å². The Morgan fingerprint density at radius 1 is 1.59 bits per heavy atom. The first-order chi connectivity index (χ1) is 7.95. The molecule has 0 amide bonds. The molecule has 0 fully saturated rings. The second-order valence-electron chi connectivity index (χ2n) is 3.14. The van der Waals surface area contributed by atoms with E-state index in [0.29, 0.717) is 0 Å². The van der Waals surface area contributed by atoms with Crippen LogP contribution in [0.2, 0.25) is 5.28 Å². The fourth-order valence-electron chi connectivity index (χ4n) is 1.05. The summed E-state index contributed by atoms with van der Waals surface area (Å²) in [6.45, 7) is 1.04. The van der Waals surface area contributed by atoms with E-state index in [1.807, 2.05) is 0 Å². The van der Waals surface area contributed by atoms with Gasteiger partial charge in [0.2, 0.25) is 5.28 Å². The van der Waals surface area contributed by atoms with Gasteiger partial charge in [0.25, 0.3) is 0 Å². The molecule has 0 saturated carbocycles. The molecular weight excluding hydrogens is 270 g/mol. The van der Waals surface area contributed by atoms with Crippen LogP contribution in [-0.4, -0.2) is 43.6 Å². The van der Waals surface area contributed by atoms with Gasteiger partial charge in [-0.15, -0.1) is 0 Å². The standard InChI is InChI=1S/C8H10ClN3O4S/c1-4-6(12(15)16)7(11-8(9)10-4)17-3-5(14)2-13/h5,13-14H,2-3H2,1H3. The molecule has 0 aromatic carbocycles. The van der Waals surface area contributed by atoms with E-state index in [2.05, 4.69) is 9.97 Å². The first kappa shape index (κ1) is 14.1. The molecule has 0 aliphatic rings. The molecule has 0 bridgehead atoms. The summed E-state index contributed by atoms with van der Waals surface area (Å²) < 4.78 is 0. The van der Waals surface area contributed by atoms with Gasteiger partial charge in [-0.25, -0.2) is 9.97 Å². The minimum Gasteiger partial charge on any atom is -0.394 e. The highest BCUT2D eigenvalue weighted by atomic mass is 35.5. The van der Waals surface area contributed by atoms with Crippen LogP contribution in [0.15, 0.2) is 5.03 Å². The number of thioether (sulfide) groups is 1. The molecule has 1 rings (SSSR count). The maximum atomic E-state index is 10.8. The molecule has 0 saturated heterocycles. The van der Waals surface area contributed by atoms with Crippen molar-refractivity contribution in [2.75, 3.05) is 12.4 Å². The fourth-order valence-corrected chi connectivity index (χ4v) is 2.27. The van der Waals surface area contributed by atoms with Gasteiger partial charge < -0.3 is 10.2 Å². The predicted octanol–water partition coefficient (Wildman–Crippen LogP) is 0.792. The summed E-state index contributed by atoms with van der Waals surface area (Å²) in [4.78, 5) is 17.7. The zero-order valence-corrected chi connectivity index (χ0v) is 10.4. The third-order valence-corrected chi connectivity index (χ3v) is 3.08. The number of rotatable bonds is 5. The van der Waals surface area contributed by atoms with Gasteiger partial charge in [-0.2, -0.15) is 0 Å². The Bertz CT molecular complexity index is 431. The van der Waals surface area contributed by atoms with Crippen LogP contribution in [0.5, 0.6) is 0 Å². The van der Waals surface area contributed by atoms with Crippen molar-refractivity contribution >= 4 is 29.1 Å². The third-order valence-electron chi connectivity index (χ3n) is 1.80. The topological polar surface area (TPSA) is 109 Å². The molecule has 0 radical (unpaired) electrons. The molecule has 1 atom stereocenters. The number of halogens is 1. The zero-order chi connectivity index (χ0) is 13.0. The summed E-state index contributed by atoms with van der Waals surface area (Å²) in [5.74, 6) is 0.0874. The molecule has 94 valence electrons. The van der Waals surface area contributed by atoms with Crippen LogP contribution < -0.4 is 0 Å². The molecule has 9 heteroatoms. The van der Waals surface area contributed by atoms with Gasteiger partial charge in [-0.1, -0.05) is 11.8 Å². The van der Waals surface area contributed by atoms with Gasteiger partial charge in [0.1, 0.15) is 5.69 Å². The molecule has 0 aliphatic carbocycles. The molecule has 0 aliphatic heterocycles. The van der Waals surface area contributed by atoms with Gasteiger partial charge in [0.05, 0.1) is 17.6 Å². The van der Waals surface area contributed by atoms with Crippen molar-refractivity contribution in [1.29, 1.82) is 0 Å². The molecule has 1 unspecified atom stereocenters. The average Bonchev–Trinajstić information content (AvgIpc) is 2.24. The van der Waals surface area contributed by atoms with E-state index in [4.69, 9.17) is 16.7 Å². The second-order valence-corrected chi connectivity index (χ2v) is 4.48. The number of hydrogen-bond acceptors (Lipinski definition) is 7. The zero-order valence-electron chi connectivity index (χ0n) is 8.83. The first-order valence-electron chi connectivity index (χ1n) is 4.56. The monoisotopic (exact) mass is 279 g/mol. The molecule has 0 spiro atoms. The molecule has 2 N–H and O–H groups in total. The van der Waals surface area contributed by atoms with Gasteiger partial charge >= 0.3 is 5.69 Å². The summed E-state index contributed by atoms with van der Waals surface area (Å²) in [6.07, 6.45) is -0.964. The highest BCUT2D eigenvalue weighted by Gasteiger charge is 2.22. The van der Waals surface area contributed by atoms with E-state index in [-0.39, 0.29) is 27.4 Å². The summed E-state index contributed by atoms with van der Waals surface area (Å²) in [7, 11) is 0. The van der Waals surface area contributed by atoms with Crippen LogP contribution in [0.4, 0.5) is 5.69 Å². The maximum Gasteiger partial charge on any atom is 0.322 e. The Balaban J connectivity index is 3.00. The van der Waals surface area contributed by atoms with Crippen molar-refractivity contribution in [2.45, 2.75) is 18.1 Å². The smallest absolute Gasteiger partial charge is 0.322 e. The van der Waals surface area contributed by atoms with Crippen molar-refractivity contribution in [3.05, 3.63) is 21.1 Å². The molecule has 1 heterocycles. The van der Waals surface area contributed by atoms with E-state index < -0.39 is 17.6 Å². The molecule has 1 aromatic heterocycles. The van der Waals surface area contributed by atoms with Crippen LogP contribution in [0, 0.1) is 17.0 Å². The van der Waals surface area contributed by atoms with Crippen LogP contribution >= 0.6 is 23.4 Å². The minimum absolute atomic E-state index is 0.0833. The number of aryl methyl sites for hydroxylation is 1. The maximum absolute atomic E-state index is 10.8. The summed E-state index contributed by atoms with van der Waals surface area (Å²) in [5, 5.41) is 28.6. The number of hydrogen-bond donors (Lipinski definition) is 2. The number of aliphatic hydroxyl groups is 2. The molecule has 7 nitrogen and oxygen atoms in total. The summed E-state index contributed by atoms with van der Waals surface area (Å²) in [6, 6.07) is 0. The number of nitro groups is 1. The van der Waals surface area contributed by atoms with Gasteiger partial charge in [0.15, 0.2) is 5.03 Å². The minimum atomic E-state index is -0.964. The molecule has 1 aromatic rings. The Morgan fingerprint density at radius 2 is 2.24 bits per heavy atom. The Labute approximate surface area is 106 Å². The van der Waals surface area contributed by atoms with Crippen LogP contribution in [0.1, 0.15) is 5.69 Å². The van der Waals surface area contributed by atoms with Crippen molar-refractivity contribution < 1.29 is 15.1 Å². The third kappa shape index (κ3) is 3.77. The summed E-state index contributed by atoms with van der Waals surface area (Å²) >= 11 is 6.56. The Morgan fingerprint density at radius 3 is 2.76 bits per heavy atom. The van der Waals surface area contributed by atoms with E-state index in [1.165, 1.54) is 6.92 Å². The molecular formula is C8H10ClN3O4S. The lowest BCUT2D eigenvalue weighted by Crippen LogP contribution is -2.15. The Kier molecular flexibility index (Phi) is 5.06. The normalized spacial score (nSPS) is 12.5. The van der Waals surface area contributed by atoms with E-state index in [0.717, 1.165) is 11.8 Å². The van der Waals surface area contributed by atoms with E-state index in [9.17, 15) is 15.2 Å². The average molecular weight is 280 g/mol. The van der Waals surface area contributed by atoms with Crippen molar-refractivity contribution in [2.24, 2.45) is 0 Å². The SMILES string of the molecule is Cc1nc(Cl)nc(SCC(O)CO)c1[N+](=O)[O-]. The second kappa shape index (κ2) is 6.10. The van der Waals surface area contributed by atoms with Crippen LogP contribution in [0.3, 0.4) is 0 Å². The lowest BCUT2D eigenvalue weighted by atomic mass is 10.4. The predicted molar refractivity (Wildman–Crippen MR) is 62.3 cm³/mol. The lowest BCUT2D eigenvalue weighted by Gasteiger charge is -2.07. The number of aliphatic hydroxyl groups excluding tert-OH is 2.